The summed E-state index contributed by atoms with van der Waals surface area (Å²) in [5, 5.41) is 8.63. The summed E-state index contributed by atoms with van der Waals surface area (Å²) in [6, 6.07) is 3.28. The zero-order valence-corrected chi connectivity index (χ0v) is 11.6. The number of sulfone groups is 1. The number of rotatable bonds is 6. The van der Waals surface area contributed by atoms with Gasteiger partial charge in [-0.15, -0.1) is 0 Å². The van der Waals surface area contributed by atoms with Crippen LogP contribution in [-0.2, 0) is 9.84 Å². The molecule has 0 N–H and O–H groups in total. The molecule has 16 heavy (non-hydrogen) atoms. The molecule has 0 aliphatic rings. The van der Waals surface area contributed by atoms with Crippen molar-refractivity contribution in [2.45, 2.75) is 23.7 Å². The molecule has 88 valence electrons. The Bertz CT molecular complexity index is 442. The quantitative estimate of drug-likeness (QED) is 0.570. The van der Waals surface area contributed by atoms with Gasteiger partial charge in [-0.05, 0) is 0 Å². The fraction of sp³-hybridized carbons (Fsp3) is 0.400. The van der Waals surface area contributed by atoms with Gasteiger partial charge in [0.1, 0.15) is 0 Å². The molecule has 0 unspecified atom stereocenters. The van der Waals surface area contributed by atoms with Crippen molar-refractivity contribution in [2.24, 2.45) is 0 Å². The third kappa shape index (κ3) is 3.70. The third-order valence-corrected chi connectivity index (χ3v) is 5.48. The van der Waals surface area contributed by atoms with Crippen LogP contribution in [0.2, 0.25) is 5.32 Å². The summed E-state index contributed by atoms with van der Waals surface area (Å²) in [5.41, 5.74) is 0. The van der Waals surface area contributed by atoms with Gasteiger partial charge in [0.25, 0.3) is 0 Å². The molecule has 1 heterocycles. The summed E-state index contributed by atoms with van der Waals surface area (Å²) in [6.07, 6.45) is 2.41. The van der Waals surface area contributed by atoms with Crippen molar-refractivity contribution in [1.82, 2.24) is 10.2 Å². The second kappa shape index (κ2) is 6.13. The van der Waals surface area contributed by atoms with E-state index >= 15 is 0 Å². The molecule has 1 aromatic rings. The van der Waals surface area contributed by atoms with E-state index in [0.717, 1.165) is 9.91 Å². The molecule has 6 heteroatoms. The Kier molecular flexibility index (Phi) is 5.12. The van der Waals surface area contributed by atoms with Crippen LogP contribution >= 0.6 is 0 Å². The molecule has 0 aliphatic heterocycles. The Hall–Kier alpha value is -0.711. The molecule has 0 aromatic carbocycles. The molecule has 0 radical (unpaired) electrons. The van der Waals surface area contributed by atoms with E-state index in [-0.39, 0.29) is 25.7 Å². The van der Waals surface area contributed by atoms with Crippen molar-refractivity contribution in [3.8, 4) is 0 Å². The van der Waals surface area contributed by atoms with Crippen molar-refractivity contribution in [1.29, 1.82) is 0 Å². The number of hydrogen-bond donors (Lipinski definition) is 0. The van der Waals surface area contributed by atoms with E-state index in [4.69, 9.17) is 0 Å². The van der Waals surface area contributed by atoms with Gasteiger partial charge in [0.2, 0.25) is 0 Å². The molecule has 0 saturated carbocycles. The standard InChI is InChI=1S/C10H14N2O2SSe/c1-3-7-15(13,14)9-5-6-10(12-11-9)16-8-4-2/h4-6H,2-3,7-8H2,1H3. The summed E-state index contributed by atoms with van der Waals surface area (Å²) < 4.78 is 24.1. The molecule has 1 aromatic heterocycles. The Balaban J connectivity index is 2.82. The predicted molar refractivity (Wildman–Crippen MR) is 64.8 cm³/mol. The zero-order valence-electron chi connectivity index (χ0n) is 9.09. The summed E-state index contributed by atoms with van der Waals surface area (Å²) in [6.45, 7) is 5.45. The van der Waals surface area contributed by atoms with Crippen LogP contribution in [0.3, 0.4) is 0 Å². The van der Waals surface area contributed by atoms with E-state index in [1.165, 1.54) is 6.07 Å². The maximum absolute atomic E-state index is 11.6. The Labute approximate surface area is 102 Å². The molecule has 0 spiro atoms. The molecule has 1 rings (SSSR count). The minimum absolute atomic E-state index is 0.0764. The van der Waals surface area contributed by atoms with Gasteiger partial charge in [0.15, 0.2) is 0 Å². The van der Waals surface area contributed by atoms with Crippen molar-refractivity contribution < 1.29 is 8.42 Å². The second-order valence-corrected chi connectivity index (χ2v) is 7.37. The van der Waals surface area contributed by atoms with Crippen LogP contribution in [0.15, 0.2) is 29.8 Å². The third-order valence-electron chi connectivity index (χ3n) is 1.76. The van der Waals surface area contributed by atoms with Crippen LogP contribution in [0, 0.1) is 0 Å². The van der Waals surface area contributed by atoms with Crippen molar-refractivity contribution >= 4 is 29.4 Å². The van der Waals surface area contributed by atoms with Gasteiger partial charge >= 0.3 is 102 Å². The molecule has 0 aliphatic carbocycles. The summed E-state index contributed by atoms with van der Waals surface area (Å²) >= 11 is 0.196. The summed E-state index contributed by atoms with van der Waals surface area (Å²) in [5.74, 6) is 0.124. The SMILES string of the molecule is C=CC[Se]c1ccc(S(=O)(=O)CCC)nn1. The first-order valence-corrected chi connectivity index (χ1v) is 8.62. The van der Waals surface area contributed by atoms with E-state index in [1.54, 1.807) is 6.07 Å². The number of allylic oxidation sites excluding steroid dienone is 1. The number of aromatic nitrogens is 2. The molecule has 0 fully saturated rings. The van der Waals surface area contributed by atoms with Crippen LogP contribution in [0.1, 0.15) is 13.3 Å². The van der Waals surface area contributed by atoms with Crippen molar-refractivity contribution in [3.63, 3.8) is 0 Å². The summed E-state index contributed by atoms with van der Waals surface area (Å²) in [7, 11) is -3.23. The zero-order chi connectivity index (χ0) is 12.0. The van der Waals surface area contributed by atoms with E-state index < -0.39 is 9.84 Å². The van der Waals surface area contributed by atoms with Gasteiger partial charge in [-0.3, -0.25) is 0 Å². The Morgan fingerprint density at radius 3 is 2.69 bits per heavy atom. The molecular weight excluding hydrogens is 291 g/mol. The van der Waals surface area contributed by atoms with Crippen LogP contribution in [0.25, 0.3) is 0 Å². The van der Waals surface area contributed by atoms with Crippen LogP contribution in [0.5, 0.6) is 0 Å². The van der Waals surface area contributed by atoms with E-state index in [1.807, 2.05) is 13.0 Å². The first kappa shape index (κ1) is 13.4. The van der Waals surface area contributed by atoms with E-state index in [2.05, 4.69) is 16.8 Å². The minimum atomic E-state index is -3.23. The topological polar surface area (TPSA) is 59.9 Å². The fourth-order valence-corrected chi connectivity index (χ4v) is 3.41. The van der Waals surface area contributed by atoms with Crippen molar-refractivity contribution in [2.75, 3.05) is 5.75 Å². The van der Waals surface area contributed by atoms with Crippen LogP contribution < -0.4 is 4.59 Å². The average molecular weight is 305 g/mol. The molecule has 0 amide bonds. The van der Waals surface area contributed by atoms with Gasteiger partial charge in [0, 0.05) is 0 Å². The number of nitrogens with zero attached hydrogens (tertiary/aromatic N) is 2. The molecule has 0 bridgehead atoms. The van der Waals surface area contributed by atoms with Gasteiger partial charge in [-0.2, -0.15) is 0 Å². The van der Waals surface area contributed by atoms with Gasteiger partial charge < -0.3 is 0 Å². The molecular formula is C10H14N2O2SSe. The van der Waals surface area contributed by atoms with Crippen LogP contribution in [0.4, 0.5) is 0 Å². The van der Waals surface area contributed by atoms with E-state index in [9.17, 15) is 8.42 Å². The van der Waals surface area contributed by atoms with Gasteiger partial charge in [0.05, 0.1) is 0 Å². The summed E-state index contributed by atoms with van der Waals surface area (Å²) in [4.78, 5) is 0. The first-order chi connectivity index (χ1) is 7.60. The second-order valence-electron chi connectivity index (χ2n) is 3.13. The van der Waals surface area contributed by atoms with Crippen molar-refractivity contribution in [3.05, 3.63) is 24.8 Å². The fourth-order valence-electron chi connectivity index (χ4n) is 1.07. The average Bonchev–Trinajstić information content (AvgIpc) is 2.27. The maximum atomic E-state index is 11.6. The molecule has 4 nitrogen and oxygen atoms in total. The molecule has 0 atom stereocenters. The molecule has 0 saturated heterocycles. The first-order valence-electron chi connectivity index (χ1n) is 4.90. The monoisotopic (exact) mass is 306 g/mol. The van der Waals surface area contributed by atoms with Crippen LogP contribution in [-0.4, -0.2) is 39.3 Å². The van der Waals surface area contributed by atoms with Gasteiger partial charge in [-0.1, -0.05) is 0 Å². The predicted octanol–water partition coefficient (Wildman–Crippen LogP) is 0.594. The normalized spacial score (nSPS) is 11.3. The number of hydrogen-bond acceptors (Lipinski definition) is 4. The Morgan fingerprint density at radius 2 is 2.19 bits per heavy atom. The van der Waals surface area contributed by atoms with Gasteiger partial charge in [-0.25, -0.2) is 0 Å². The van der Waals surface area contributed by atoms with E-state index in [0.29, 0.717) is 6.42 Å². The Morgan fingerprint density at radius 1 is 1.44 bits per heavy atom.